The highest BCUT2D eigenvalue weighted by atomic mass is 19.1. The molecule has 1 unspecified atom stereocenters. The van der Waals surface area contributed by atoms with Gasteiger partial charge < -0.3 is 26.8 Å². The summed E-state index contributed by atoms with van der Waals surface area (Å²) in [6.45, 7) is 4.95. The number of nitrogens with zero attached hydrogens (tertiary/aromatic N) is 4. The van der Waals surface area contributed by atoms with E-state index in [9.17, 15) is 14.0 Å². The molecule has 10 nitrogen and oxygen atoms in total. The van der Waals surface area contributed by atoms with E-state index in [-0.39, 0.29) is 34.6 Å². The van der Waals surface area contributed by atoms with Crippen LogP contribution in [0.15, 0.2) is 41.2 Å². The molecular weight excluding hydrogens is 489 g/mol. The van der Waals surface area contributed by atoms with E-state index in [1.165, 1.54) is 19.2 Å². The van der Waals surface area contributed by atoms with Gasteiger partial charge in [-0.2, -0.15) is 5.10 Å². The smallest absolute Gasteiger partial charge is 0.255 e. The molecule has 1 aromatic carbocycles. The van der Waals surface area contributed by atoms with E-state index < -0.39 is 11.7 Å². The van der Waals surface area contributed by atoms with Crippen molar-refractivity contribution in [3.8, 4) is 11.8 Å². The number of aromatic nitrogens is 2. The Balaban J connectivity index is 0.000000279. The van der Waals surface area contributed by atoms with Crippen LogP contribution in [0.25, 0.3) is 10.9 Å². The summed E-state index contributed by atoms with van der Waals surface area (Å²) in [5.74, 6) is 4.21. The number of carbonyl (C=O) groups is 2. The summed E-state index contributed by atoms with van der Waals surface area (Å²) in [5.41, 5.74) is 18.3. The lowest BCUT2D eigenvalue weighted by molar-refractivity contribution is -0.127. The first-order chi connectivity index (χ1) is 18.1. The monoisotopic (exact) mass is 523 g/mol. The standard InChI is InChI=1S/C18H19FN6O.C9H15NO2/c1-23-17(21)15(18(22)26)14(20)6-5-10-12-8-24-25(2)16(12)11(7-13(10)19)9-3-4-9;1-3-9(11)10-6-4-5-8(10)7-12-2/h7-9H,3-4,20H2,1-2H3,(H2,21,23)(H2,22,26);3,8H,1,4-7H2,2H3/b15-14+;. The van der Waals surface area contributed by atoms with Crippen LogP contribution in [0, 0.1) is 17.7 Å². The van der Waals surface area contributed by atoms with E-state index in [1.54, 1.807) is 25.0 Å². The van der Waals surface area contributed by atoms with Gasteiger partial charge in [0.1, 0.15) is 17.2 Å². The number of aliphatic imine (C=N–C) groups is 1. The van der Waals surface area contributed by atoms with Gasteiger partial charge >= 0.3 is 0 Å². The molecule has 38 heavy (non-hydrogen) atoms. The number of nitrogens with two attached hydrogens (primary N) is 3. The number of rotatable bonds is 6. The van der Waals surface area contributed by atoms with Gasteiger partial charge in [-0.15, -0.1) is 0 Å². The zero-order chi connectivity index (χ0) is 28.0. The number of hydrogen-bond donors (Lipinski definition) is 3. The second kappa shape index (κ2) is 12.4. The summed E-state index contributed by atoms with van der Waals surface area (Å²) >= 11 is 0. The van der Waals surface area contributed by atoms with Crippen molar-refractivity contribution in [3.63, 3.8) is 0 Å². The number of benzene rings is 1. The fourth-order valence-electron chi connectivity index (χ4n) is 4.51. The third kappa shape index (κ3) is 6.20. The largest absolute Gasteiger partial charge is 0.391 e. The van der Waals surface area contributed by atoms with E-state index >= 15 is 0 Å². The first kappa shape index (κ1) is 28.4. The Morgan fingerprint density at radius 3 is 2.61 bits per heavy atom. The summed E-state index contributed by atoms with van der Waals surface area (Å²) in [7, 11) is 4.87. The topological polar surface area (TPSA) is 155 Å². The van der Waals surface area contributed by atoms with Crippen molar-refractivity contribution in [1.29, 1.82) is 0 Å². The number of primary amides is 1. The first-order valence-corrected chi connectivity index (χ1v) is 12.2. The quantitative estimate of drug-likeness (QED) is 0.225. The second-order valence-corrected chi connectivity index (χ2v) is 9.13. The van der Waals surface area contributed by atoms with Crippen LogP contribution in [-0.4, -0.2) is 65.7 Å². The van der Waals surface area contributed by atoms with E-state index in [2.05, 4.69) is 28.5 Å². The van der Waals surface area contributed by atoms with Gasteiger partial charge in [-0.25, -0.2) is 4.39 Å². The molecule has 11 heteroatoms. The van der Waals surface area contributed by atoms with Crippen molar-refractivity contribution < 1.29 is 18.7 Å². The lowest BCUT2D eigenvalue weighted by atomic mass is 10.0. The average molecular weight is 524 g/mol. The lowest BCUT2D eigenvalue weighted by Crippen LogP contribution is -2.36. The van der Waals surface area contributed by atoms with Gasteiger partial charge in [-0.1, -0.05) is 12.5 Å². The van der Waals surface area contributed by atoms with Gasteiger partial charge in [0.2, 0.25) is 5.91 Å². The summed E-state index contributed by atoms with van der Waals surface area (Å²) in [5, 5.41) is 4.83. The van der Waals surface area contributed by atoms with Crippen molar-refractivity contribution in [2.45, 2.75) is 37.6 Å². The van der Waals surface area contributed by atoms with E-state index in [0.717, 1.165) is 43.3 Å². The molecule has 2 heterocycles. The molecule has 6 N–H and O–H groups in total. The number of carbonyl (C=O) groups excluding carboxylic acids is 2. The molecule has 0 radical (unpaired) electrons. The molecular formula is C27H34FN7O3. The van der Waals surface area contributed by atoms with Gasteiger partial charge in [0, 0.05) is 33.1 Å². The van der Waals surface area contributed by atoms with E-state index in [1.807, 2.05) is 4.90 Å². The third-order valence-corrected chi connectivity index (χ3v) is 6.55. The predicted molar refractivity (Wildman–Crippen MR) is 144 cm³/mol. The summed E-state index contributed by atoms with van der Waals surface area (Å²) in [6, 6.07) is 1.77. The minimum Gasteiger partial charge on any atom is -0.391 e. The number of amides is 2. The fourth-order valence-corrected chi connectivity index (χ4v) is 4.51. The number of ether oxygens (including phenoxy) is 1. The molecule has 1 aromatic heterocycles. The highest BCUT2D eigenvalue weighted by molar-refractivity contribution is 6.20. The molecule has 1 atom stereocenters. The van der Waals surface area contributed by atoms with Crippen LogP contribution in [-0.2, 0) is 21.4 Å². The number of likely N-dealkylation sites (tertiary alicyclic amines) is 1. The van der Waals surface area contributed by atoms with Crippen molar-refractivity contribution in [2.24, 2.45) is 29.2 Å². The van der Waals surface area contributed by atoms with Gasteiger partial charge in [0.05, 0.1) is 35.6 Å². The number of methoxy groups -OCH3 is 1. The minimum atomic E-state index is -0.851. The zero-order valence-electron chi connectivity index (χ0n) is 22.0. The number of aryl methyl sites for hydroxylation is 1. The molecule has 2 aliphatic rings. The van der Waals surface area contributed by atoms with Gasteiger partial charge in [-0.3, -0.25) is 19.3 Å². The SMILES string of the molecule is C=CC(=O)N1CCCC1COC.CN=C(N)/C(C(N)=O)=C(\N)C#Cc1c(F)cc(C2CC2)c2c1cnn2C. The van der Waals surface area contributed by atoms with Crippen molar-refractivity contribution in [2.75, 3.05) is 27.3 Å². The molecule has 1 aliphatic heterocycles. The van der Waals surface area contributed by atoms with Crippen LogP contribution < -0.4 is 17.2 Å². The highest BCUT2D eigenvalue weighted by Gasteiger charge is 2.29. The molecule has 0 spiro atoms. The van der Waals surface area contributed by atoms with E-state index in [4.69, 9.17) is 21.9 Å². The molecule has 1 saturated heterocycles. The second-order valence-electron chi connectivity index (χ2n) is 9.13. The lowest BCUT2D eigenvalue weighted by Gasteiger charge is -2.22. The van der Waals surface area contributed by atoms with Gasteiger partial charge in [0.15, 0.2) is 0 Å². The summed E-state index contributed by atoms with van der Waals surface area (Å²) in [6.07, 6.45) is 7.15. The molecule has 1 aliphatic carbocycles. The Morgan fingerprint density at radius 1 is 1.32 bits per heavy atom. The van der Waals surface area contributed by atoms with Crippen LogP contribution in [0.2, 0.25) is 0 Å². The Kier molecular flexibility index (Phi) is 9.25. The number of hydrogen-bond acceptors (Lipinski definition) is 6. The number of fused-ring (bicyclic) bond motifs is 1. The van der Waals surface area contributed by atoms with Crippen LogP contribution >= 0.6 is 0 Å². The normalized spacial score (nSPS) is 17.7. The molecule has 4 rings (SSSR count). The molecule has 2 fully saturated rings. The molecule has 0 bridgehead atoms. The van der Waals surface area contributed by atoms with Crippen LogP contribution in [0.5, 0.6) is 0 Å². The maximum absolute atomic E-state index is 14.7. The first-order valence-electron chi connectivity index (χ1n) is 12.2. The van der Waals surface area contributed by atoms with Crippen molar-refractivity contribution >= 4 is 28.6 Å². The zero-order valence-corrected chi connectivity index (χ0v) is 22.0. The molecule has 202 valence electrons. The Hall–Kier alpha value is -4.17. The highest BCUT2D eigenvalue weighted by Crippen LogP contribution is 2.44. The number of allylic oxidation sites excluding steroid dienone is 1. The van der Waals surface area contributed by atoms with Gasteiger partial charge in [0.25, 0.3) is 5.91 Å². The molecule has 2 aromatic rings. The Morgan fingerprint density at radius 2 is 2.03 bits per heavy atom. The maximum atomic E-state index is 14.7. The average Bonchev–Trinajstić information content (AvgIpc) is 3.52. The third-order valence-electron chi connectivity index (χ3n) is 6.55. The Labute approximate surface area is 221 Å². The number of halogens is 1. The van der Waals surface area contributed by atoms with E-state index in [0.29, 0.717) is 17.9 Å². The minimum absolute atomic E-state index is 0.0227. The summed E-state index contributed by atoms with van der Waals surface area (Å²) < 4.78 is 21.4. The van der Waals surface area contributed by atoms with Crippen LogP contribution in [0.1, 0.15) is 42.7 Å². The van der Waals surface area contributed by atoms with Gasteiger partial charge in [-0.05, 0) is 55.2 Å². The van der Waals surface area contributed by atoms with Crippen LogP contribution in [0.3, 0.4) is 0 Å². The Bertz CT molecular complexity index is 1360. The maximum Gasteiger partial charge on any atom is 0.255 e. The van der Waals surface area contributed by atoms with Crippen molar-refractivity contribution in [3.05, 3.63) is 53.1 Å². The van der Waals surface area contributed by atoms with Crippen molar-refractivity contribution in [1.82, 2.24) is 14.7 Å². The fraction of sp³-hybridized carbons (Fsp3) is 0.407. The van der Waals surface area contributed by atoms with Crippen LogP contribution in [0.4, 0.5) is 4.39 Å². The number of amidine groups is 1. The summed E-state index contributed by atoms with van der Waals surface area (Å²) in [4.78, 5) is 28.3. The predicted octanol–water partition coefficient (Wildman–Crippen LogP) is 1.44. The molecule has 2 amide bonds. The molecule has 1 saturated carbocycles.